The number of rotatable bonds is 29. The highest BCUT2D eigenvalue weighted by atomic mass is 15.1. The van der Waals surface area contributed by atoms with Crippen LogP contribution in [-0.2, 0) is 6.42 Å². The van der Waals surface area contributed by atoms with Gasteiger partial charge in [0.05, 0.1) is 0 Å². The molecule has 2 rings (SSSR count). The number of aromatic amines is 1. The van der Waals surface area contributed by atoms with Crippen molar-refractivity contribution in [1.29, 1.82) is 0 Å². The van der Waals surface area contributed by atoms with Crippen molar-refractivity contribution in [3.8, 4) is 0 Å². The molecule has 2 heteroatoms. The van der Waals surface area contributed by atoms with Gasteiger partial charge < -0.3 is 0 Å². The van der Waals surface area contributed by atoms with Crippen LogP contribution in [0.5, 0.6) is 0 Å². The molecule has 1 aromatic carbocycles. The molecule has 2 unspecified atom stereocenters. The van der Waals surface area contributed by atoms with E-state index < -0.39 is 0 Å². The van der Waals surface area contributed by atoms with Gasteiger partial charge in [-0.05, 0) is 31.2 Å². The van der Waals surface area contributed by atoms with Gasteiger partial charge in [-0.2, -0.15) is 0 Å². The summed E-state index contributed by atoms with van der Waals surface area (Å²) in [4.78, 5) is 3.35. The molecule has 2 nitrogen and oxygen atoms in total. The van der Waals surface area contributed by atoms with E-state index in [1.54, 1.807) is 0 Å². The zero-order valence-corrected chi connectivity index (χ0v) is 27.6. The van der Waals surface area contributed by atoms with E-state index in [-0.39, 0.29) is 0 Å². The van der Waals surface area contributed by atoms with Crippen molar-refractivity contribution in [3.05, 3.63) is 54.6 Å². The minimum absolute atomic E-state index is 0.605. The Bertz CT molecular complexity index is 768. The molecule has 1 N–H and O–H groups in total. The Balaban J connectivity index is 1.71. The summed E-state index contributed by atoms with van der Waals surface area (Å²) in [6.07, 6.45) is 43.3. The van der Waals surface area contributed by atoms with Gasteiger partial charge in [-0.25, -0.2) is 4.57 Å². The van der Waals surface area contributed by atoms with Crippen molar-refractivity contribution < 1.29 is 4.57 Å². The fourth-order valence-corrected chi connectivity index (χ4v) is 6.75. The monoisotopic (exact) mass is 566 g/mol. The molecule has 0 aliphatic rings. The van der Waals surface area contributed by atoms with Crippen molar-refractivity contribution in [3.63, 3.8) is 0 Å². The van der Waals surface area contributed by atoms with E-state index in [9.17, 15) is 0 Å². The number of benzene rings is 1. The van der Waals surface area contributed by atoms with Crippen LogP contribution in [0.2, 0.25) is 0 Å². The highest BCUT2D eigenvalue weighted by Crippen LogP contribution is 2.29. The Morgan fingerprint density at radius 2 is 0.976 bits per heavy atom. The summed E-state index contributed by atoms with van der Waals surface area (Å²) < 4.78 is 2.50. The zero-order valence-electron chi connectivity index (χ0n) is 27.6. The van der Waals surface area contributed by atoms with Gasteiger partial charge in [0.15, 0.2) is 0 Å². The van der Waals surface area contributed by atoms with Crippen LogP contribution in [0.1, 0.15) is 186 Å². The van der Waals surface area contributed by atoms with Crippen molar-refractivity contribution in [2.24, 2.45) is 5.92 Å². The zero-order chi connectivity index (χ0) is 29.1. The molecule has 0 radical (unpaired) electrons. The Morgan fingerprint density at radius 3 is 1.41 bits per heavy atom. The van der Waals surface area contributed by atoms with Crippen LogP contribution in [0.15, 0.2) is 49.1 Å². The molecule has 0 saturated heterocycles. The predicted molar refractivity (Wildman–Crippen MR) is 180 cm³/mol. The van der Waals surface area contributed by atoms with E-state index in [2.05, 4.69) is 72.5 Å². The molecule has 1 aromatic heterocycles. The average molecular weight is 566 g/mol. The lowest BCUT2D eigenvalue weighted by Gasteiger charge is -2.25. The van der Waals surface area contributed by atoms with Crippen LogP contribution >= 0.6 is 0 Å². The molecule has 41 heavy (non-hydrogen) atoms. The third-order valence-electron chi connectivity index (χ3n) is 9.37. The van der Waals surface area contributed by atoms with E-state index in [0.29, 0.717) is 12.0 Å². The Kier molecular flexibility index (Phi) is 22.7. The number of hydrogen-bond acceptors (Lipinski definition) is 0. The molecule has 2 aromatic rings. The standard InChI is InChI=1S/C39H68N2/c1-3-5-7-9-11-13-14-15-16-17-19-20-22-27-31-38(35-37-29-25-24-26-30-37)39(41-34-33-40-36-41)32-28-23-21-18-12-10-8-6-4-2/h24-26,29-30,33-34,36,38-39H,3-23,27-28,31-32,35H2,1-2H3/p+1. The SMILES string of the molecule is CCCCCCCCCCCCCCCCC(Cc1ccccc1)C(CCCCCCCCCCC)[n+]1cc[nH]c1. The van der Waals surface area contributed by atoms with E-state index in [1.807, 2.05) is 0 Å². The topological polar surface area (TPSA) is 19.7 Å². The summed E-state index contributed by atoms with van der Waals surface area (Å²) in [5.74, 6) is 0.713. The van der Waals surface area contributed by atoms with Gasteiger partial charge in [0.25, 0.3) is 0 Å². The summed E-state index contributed by atoms with van der Waals surface area (Å²) in [5, 5.41) is 0. The number of nitrogens with one attached hydrogen (secondary N) is 1. The first-order chi connectivity index (χ1) is 20.3. The second-order valence-corrected chi connectivity index (χ2v) is 13.1. The molecule has 0 aliphatic heterocycles. The second kappa shape index (κ2) is 26.1. The maximum absolute atomic E-state index is 3.35. The lowest BCUT2D eigenvalue weighted by molar-refractivity contribution is -0.730. The lowest BCUT2D eigenvalue weighted by Crippen LogP contribution is -2.42. The molecule has 0 aliphatic carbocycles. The summed E-state index contributed by atoms with van der Waals surface area (Å²) in [5.41, 5.74) is 1.51. The summed E-state index contributed by atoms with van der Waals surface area (Å²) in [6.45, 7) is 4.62. The van der Waals surface area contributed by atoms with Crippen LogP contribution < -0.4 is 4.57 Å². The van der Waals surface area contributed by atoms with E-state index >= 15 is 0 Å². The molecule has 0 fully saturated rings. The van der Waals surface area contributed by atoms with Gasteiger partial charge in [-0.1, -0.05) is 185 Å². The second-order valence-electron chi connectivity index (χ2n) is 13.1. The Labute approximate surface area is 256 Å². The number of H-pyrrole nitrogens is 1. The van der Waals surface area contributed by atoms with E-state index in [4.69, 9.17) is 0 Å². The van der Waals surface area contributed by atoms with Crippen LogP contribution in [0.25, 0.3) is 0 Å². The molecule has 0 bridgehead atoms. The fraction of sp³-hybridized carbons (Fsp3) is 0.769. The average Bonchev–Trinajstić information content (AvgIpc) is 3.53. The number of nitrogens with zero attached hydrogens (tertiary/aromatic N) is 1. The van der Waals surface area contributed by atoms with Gasteiger partial charge in [0.2, 0.25) is 6.33 Å². The van der Waals surface area contributed by atoms with Crippen molar-refractivity contribution in [2.75, 3.05) is 0 Å². The van der Waals surface area contributed by atoms with Crippen LogP contribution in [0, 0.1) is 5.92 Å². The maximum Gasteiger partial charge on any atom is 0.241 e. The van der Waals surface area contributed by atoms with Gasteiger partial charge in [0, 0.05) is 5.92 Å². The minimum Gasteiger partial charge on any atom is -0.250 e. The maximum atomic E-state index is 3.35. The number of hydrogen-bond donors (Lipinski definition) is 1. The Morgan fingerprint density at radius 1 is 0.537 bits per heavy atom. The largest absolute Gasteiger partial charge is 0.250 e. The van der Waals surface area contributed by atoms with E-state index in [0.717, 1.165) is 0 Å². The lowest BCUT2D eigenvalue weighted by atomic mass is 9.84. The molecule has 0 spiro atoms. The number of imidazole rings is 1. The van der Waals surface area contributed by atoms with Gasteiger partial charge in [-0.15, -0.1) is 0 Å². The summed E-state index contributed by atoms with van der Waals surface area (Å²) >= 11 is 0. The molecule has 234 valence electrons. The first-order valence-corrected chi connectivity index (χ1v) is 18.4. The predicted octanol–water partition coefficient (Wildman–Crippen LogP) is 12.5. The third-order valence-corrected chi connectivity index (χ3v) is 9.37. The van der Waals surface area contributed by atoms with Gasteiger partial charge in [0.1, 0.15) is 18.4 Å². The quantitative estimate of drug-likeness (QED) is 0.0747. The Hall–Kier alpha value is -1.57. The van der Waals surface area contributed by atoms with Crippen molar-refractivity contribution in [1.82, 2.24) is 4.98 Å². The molecule has 0 saturated carbocycles. The van der Waals surface area contributed by atoms with Crippen LogP contribution in [0.3, 0.4) is 0 Å². The van der Waals surface area contributed by atoms with Crippen LogP contribution in [0.4, 0.5) is 0 Å². The molecule has 2 atom stereocenters. The molecule has 1 heterocycles. The third kappa shape index (κ3) is 18.6. The smallest absolute Gasteiger partial charge is 0.241 e. The number of unbranched alkanes of at least 4 members (excludes halogenated alkanes) is 21. The molecular weight excluding hydrogens is 496 g/mol. The molecular formula is C39H69N2+. The normalized spacial score (nSPS) is 13.0. The minimum atomic E-state index is 0.605. The summed E-state index contributed by atoms with van der Waals surface area (Å²) in [7, 11) is 0. The highest BCUT2D eigenvalue weighted by molar-refractivity contribution is 5.15. The summed E-state index contributed by atoms with van der Waals surface area (Å²) in [6, 6.07) is 11.9. The first kappa shape index (κ1) is 35.6. The van der Waals surface area contributed by atoms with Crippen molar-refractivity contribution in [2.45, 2.75) is 187 Å². The van der Waals surface area contributed by atoms with E-state index in [1.165, 1.54) is 173 Å². The van der Waals surface area contributed by atoms with Crippen molar-refractivity contribution >= 4 is 0 Å². The molecule has 0 amide bonds. The highest BCUT2D eigenvalue weighted by Gasteiger charge is 2.26. The van der Waals surface area contributed by atoms with Gasteiger partial charge in [-0.3, -0.25) is 4.98 Å². The first-order valence-electron chi connectivity index (χ1n) is 18.4. The van der Waals surface area contributed by atoms with Gasteiger partial charge >= 0.3 is 0 Å². The number of aromatic nitrogens is 2. The fourth-order valence-electron chi connectivity index (χ4n) is 6.75. The van der Waals surface area contributed by atoms with Crippen LogP contribution in [-0.4, -0.2) is 4.98 Å².